The van der Waals surface area contributed by atoms with E-state index in [2.05, 4.69) is 15.4 Å². The van der Waals surface area contributed by atoms with Crippen LogP contribution < -0.4 is 10.6 Å². The van der Waals surface area contributed by atoms with Crippen molar-refractivity contribution < 1.29 is 23.9 Å². The molecule has 0 aliphatic rings. The van der Waals surface area contributed by atoms with E-state index >= 15 is 0 Å². The Labute approximate surface area is 152 Å². The molecule has 0 aromatic heterocycles. The van der Waals surface area contributed by atoms with Crippen LogP contribution in [0.15, 0.2) is 30.3 Å². The van der Waals surface area contributed by atoms with E-state index in [0.717, 1.165) is 11.8 Å². The minimum atomic E-state index is -0.896. The van der Waals surface area contributed by atoms with Gasteiger partial charge in [0.05, 0.1) is 6.04 Å². The second-order valence-electron chi connectivity index (χ2n) is 6.27. The fourth-order valence-corrected chi connectivity index (χ4v) is 2.17. The Morgan fingerprint density at radius 3 is 2.38 bits per heavy atom. The fourth-order valence-electron chi connectivity index (χ4n) is 2.17. The number of nitrogens with zero attached hydrogens (tertiary/aromatic N) is 2. The molecule has 1 aromatic carbocycles. The second-order valence-corrected chi connectivity index (χ2v) is 6.27. The standard InChI is InChI=1S/C18H24N4O4/c1-12(2)9-15(16(23)10-20-19)22-17(24)13(3)21-18(25)26-11-14-7-5-4-6-8-14/h4-8,10,12-13,15H,9,11H2,1-3H3,(H,21,25)(H,22,24)/t13-,15-/m0/s1. The molecule has 0 saturated carbocycles. The number of benzene rings is 1. The molecular formula is C18H24N4O4. The minimum Gasteiger partial charge on any atom is -0.445 e. The Kier molecular flexibility index (Phi) is 8.74. The van der Waals surface area contributed by atoms with Crippen molar-refractivity contribution in [3.8, 4) is 0 Å². The van der Waals surface area contributed by atoms with E-state index in [4.69, 9.17) is 10.3 Å². The van der Waals surface area contributed by atoms with E-state index in [9.17, 15) is 14.4 Å². The van der Waals surface area contributed by atoms with Crippen molar-refractivity contribution in [3.63, 3.8) is 0 Å². The van der Waals surface area contributed by atoms with E-state index in [1.165, 1.54) is 6.92 Å². The van der Waals surface area contributed by atoms with Gasteiger partial charge in [0.2, 0.25) is 5.91 Å². The van der Waals surface area contributed by atoms with Gasteiger partial charge in [0.15, 0.2) is 0 Å². The van der Waals surface area contributed by atoms with Crippen LogP contribution in [0.2, 0.25) is 0 Å². The van der Waals surface area contributed by atoms with Gasteiger partial charge in [-0.05, 0) is 24.8 Å². The molecule has 0 heterocycles. The lowest BCUT2D eigenvalue weighted by atomic mass is 10.0. The van der Waals surface area contributed by atoms with Gasteiger partial charge in [-0.1, -0.05) is 44.2 Å². The van der Waals surface area contributed by atoms with E-state index in [0.29, 0.717) is 6.42 Å². The summed E-state index contributed by atoms with van der Waals surface area (Å²) >= 11 is 0. The third kappa shape index (κ3) is 7.72. The maximum absolute atomic E-state index is 12.2. The van der Waals surface area contributed by atoms with Crippen molar-refractivity contribution in [2.75, 3.05) is 0 Å². The summed E-state index contributed by atoms with van der Waals surface area (Å²) in [5, 5.41) is 4.96. The normalized spacial score (nSPS) is 12.5. The SMILES string of the molecule is CC(C)C[C@H](NC(=O)[C@H](C)NC(=O)OCc1ccccc1)C(=O)C=[N+]=[N-]. The minimum absolute atomic E-state index is 0.0858. The van der Waals surface area contributed by atoms with E-state index < -0.39 is 29.9 Å². The number of hydrogen-bond donors (Lipinski definition) is 2. The molecule has 2 N–H and O–H groups in total. The molecular weight excluding hydrogens is 336 g/mol. The summed E-state index contributed by atoms with van der Waals surface area (Å²) in [5.41, 5.74) is 9.32. The zero-order valence-electron chi connectivity index (χ0n) is 15.1. The third-order valence-electron chi connectivity index (χ3n) is 3.49. The zero-order chi connectivity index (χ0) is 19.5. The van der Waals surface area contributed by atoms with E-state index in [1.54, 1.807) is 0 Å². The lowest BCUT2D eigenvalue weighted by Crippen LogP contribution is -2.51. The average Bonchev–Trinajstić information content (AvgIpc) is 2.60. The molecule has 1 rings (SSSR count). The van der Waals surface area contributed by atoms with Gasteiger partial charge in [0.25, 0.3) is 5.78 Å². The van der Waals surface area contributed by atoms with Gasteiger partial charge < -0.3 is 20.9 Å². The van der Waals surface area contributed by atoms with Crippen LogP contribution in [0.4, 0.5) is 4.79 Å². The van der Waals surface area contributed by atoms with Crippen molar-refractivity contribution >= 4 is 24.0 Å². The van der Waals surface area contributed by atoms with Crippen molar-refractivity contribution in [1.82, 2.24) is 10.6 Å². The second kappa shape index (κ2) is 10.8. The maximum atomic E-state index is 12.2. The predicted octanol–water partition coefficient (Wildman–Crippen LogP) is 1.70. The summed E-state index contributed by atoms with van der Waals surface area (Å²) in [7, 11) is 0. The molecule has 0 saturated heterocycles. The number of carbonyl (C=O) groups is 3. The highest BCUT2D eigenvalue weighted by molar-refractivity contribution is 6.28. The summed E-state index contributed by atoms with van der Waals surface area (Å²) in [6.45, 7) is 5.36. The van der Waals surface area contributed by atoms with Crippen LogP contribution in [-0.2, 0) is 20.9 Å². The number of alkyl carbamates (subject to hydrolysis) is 1. The Morgan fingerprint density at radius 2 is 1.81 bits per heavy atom. The molecule has 0 fully saturated rings. The number of hydrogen-bond acceptors (Lipinski definition) is 4. The largest absolute Gasteiger partial charge is 0.445 e. The smallest absolute Gasteiger partial charge is 0.408 e. The third-order valence-corrected chi connectivity index (χ3v) is 3.49. The summed E-state index contributed by atoms with van der Waals surface area (Å²) in [6.07, 6.45) is 0.390. The molecule has 1 aromatic rings. The highest BCUT2D eigenvalue weighted by atomic mass is 16.5. The molecule has 140 valence electrons. The van der Waals surface area contributed by atoms with Gasteiger partial charge in [0, 0.05) is 0 Å². The van der Waals surface area contributed by atoms with Gasteiger partial charge >= 0.3 is 12.3 Å². The molecule has 8 nitrogen and oxygen atoms in total. The topological polar surface area (TPSA) is 121 Å². The molecule has 2 amide bonds. The lowest BCUT2D eigenvalue weighted by molar-refractivity contribution is -0.127. The first-order valence-electron chi connectivity index (χ1n) is 8.32. The van der Waals surface area contributed by atoms with Crippen LogP contribution in [0, 0.1) is 5.92 Å². The van der Waals surface area contributed by atoms with E-state index in [-0.39, 0.29) is 12.5 Å². The summed E-state index contributed by atoms with van der Waals surface area (Å²) < 4.78 is 5.05. The first kappa shape index (κ1) is 21.1. The van der Waals surface area contributed by atoms with Crippen molar-refractivity contribution in [2.45, 2.75) is 45.9 Å². The van der Waals surface area contributed by atoms with Crippen LogP contribution in [0.5, 0.6) is 0 Å². The number of rotatable bonds is 9. The number of carbonyl (C=O) groups excluding carboxylic acids is 3. The molecule has 0 unspecified atom stereocenters. The molecule has 0 aliphatic heterocycles. The van der Waals surface area contributed by atoms with Gasteiger partial charge in [-0.15, -0.1) is 0 Å². The van der Waals surface area contributed by atoms with Gasteiger partial charge in [-0.3, -0.25) is 9.59 Å². The summed E-state index contributed by atoms with van der Waals surface area (Å²) in [4.78, 5) is 38.6. The van der Waals surface area contributed by atoms with E-state index in [1.807, 2.05) is 44.2 Å². The molecule has 0 radical (unpaired) electrons. The summed E-state index contributed by atoms with van der Waals surface area (Å²) in [6, 6.07) is 7.41. The molecule has 2 atom stereocenters. The molecule has 26 heavy (non-hydrogen) atoms. The average molecular weight is 360 g/mol. The molecule has 0 spiro atoms. The Balaban J connectivity index is 2.54. The number of nitrogens with one attached hydrogen (secondary N) is 2. The predicted molar refractivity (Wildman–Crippen MR) is 95.3 cm³/mol. The monoisotopic (exact) mass is 360 g/mol. The van der Waals surface area contributed by atoms with Gasteiger partial charge in [-0.25, -0.2) is 4.79 Å². The van der Waals surface area contributed by atoms with Crippen LogP contribution >= 0.6 is 0 Å². The van der Waals surface area contributed by atoms with Crippen LogP contribution in [-0.4, -0.2) is 40.9 Å². The molecule has 0 aliphatic carbocycles. The quantitative estimate of drug-likeness (QED) is 0.395. The molecule has 0 bridgehead atoms. The first-order chi connectivity index (χ1) is 12.3. The van der Waals surface area contributed by atoms with Crippen LogP contribution in [0.25, 0.3) is 5.53 Å². The molecule has 8 heteroatoms. The van der Waals surface area contributed by atoms with Gasteiger partial charge in [0.1, 0.15) is 12.6 Å². The van der Waals surface area contributed by atoms with Crippen molar-refractivity contribution in [3.05, 3.63) is 41.4 Å². The van der Waals surface area contributed by atoms with Gasteiger partial charge in [-0.2, -0.15) is 4.79 Å². The Bertz CT molecular complexity index is 669. The van der Waals surface area contributed by atoms with Crippen molar-refractivity contribution in [1.29, 1.82) is 0 Å². The summed E-state index contributed by atoms with van der Waals surface area (Å²) in [5.74, 6) is -0.921. The highest BCUT2D eigenvalue weighted by Gasteiger charge is 2.26. The maximum Gasteiger partial charge on any atom is 0.408 e. The zero-order valence-corrected chi connectivity index (χ0v) is 15.1. The number of Topliss-reactive ketones (excluding diaryl/α,β-unsaturated/α-hetero) is 1. The fraction of sp³-hybridized carbons (Fsp3) is 0.444. The lowest BCUT2D eigenvalue weighted by Gasteiger charge is -2.20. The first-order valence-corrected chi connectivity index (χ1v) is 8.32. The van der Waals surface area contributed by atoms with Crippen LogP contribution in [0.3, 0.4) is 0 Å². The number of ketones is 1. The van der Waals surface area contributed by atoms with Crippen LogP contribution in [0.1, 0.15) is 32.8 Å². The number of amides is 2. The highest BCUT2D eigenvalue weighted by Crippen LogP contribution is 2.06. The Morgan fingerprint density at radius 1 is 1.15 bits per heavy atom. The number of ether oxygens (including phenoxy) is 1. The Hall–Kier alpha value is -2.99. The van der Waals surface area contributed by atoms with Crippen molar-refractivity contribution in [2.24, 2.45) is 5.92 Å².